The van der Waals surface area contributed by atoms with E-state index in [1.54, 1.807) is 13.0 Å². The Morgan fingerprint density at radius 2 is 2.04 bits per heavy atom. The average molecular weight is 352 g/mol. The highest BCUT2D eigenvalue weighted by Gasteiger charge is 2.42. The fourth-order valence-electron chi connectivity index (χ4n) is 2.73. The second-order valence-corrected chi connectivity index (χ2v) is 5.19. The van der Waals surface area contributed by atoms with E-state index in [0.717, 1.165) is 13.2 Å². The van der Waals surface area contributed by atoms with Crippen LogP contribution in [0.25, 0.3) is 0 Å². The van der Waals surface area contributed by atoms with Crippen molar-refractivity contribution < 1.29 is 27.4 Å². The quantitative estimate of drug-likeness (QED) is 0.843. The lowest BCUT2D eigenvalue weighted by molar-refractivity contribution is -0.139. The molecule has 1 unspecified atom stereocenters. The molecule has 0 bridgehead atoms. The molecule has 5 nitrogen and oxygen atoms in total. The minimum Gasteiger partial charge on any atom is -0.466 e. The Morgan fingerprint density at radius 3 is 2.56 bits per heavy atom. The third-order valence-electron chi connectivity index (χ3n) is 3.80. The molecule has 1 aliphatic heterocycles. The first-order valence-corrected chi connectivity index (χ1v) is 7.31. The molecule has 0 saturated heterocycles. The summed E-state index contributed by atoms with van der Waals surface area (Å²) in [4.78, 5) is 12.2. The van der Waals surface area contributed by atoms with Crippen LogP contribution < -0.4 is 5.73 Å². The average Bonchev–Trinajstić information content (AvgIpc) is 2.59. The molecule has 2 N–H and O–H groups in total. The van der Waals surface area contributed by atoms with Gasteiger partial charge in [-0.05, 0) is 11.6 Å². The first-order valence-electron chi connectivity index (χ1n) is 7.31. The predicted molar refractivity (Wildman–Crippen MR) is 81.4 cm³/mol. The Kier molecular flexibility index (Phi) is 5.07. The maximum atomic E-state index is 13.4. The van der Waals surface area contributed by atoms with Gasteiger partial charge in [0.2, 0.25) is 5.88 Å². The summed E-state index contributed by atoms with van der Waals surface area (Å²) in [7, 11) is 1.10. The van der Waals surface area contributed by atoms with Gasteiger partial charge in [-0.25, -0.2) is 4.79 Å². The van der Waals surface area contributed by atoms with Gasteiger partial charge in [0, 0.05) is 6.42 Å². The molecule has 1 atom stereocenters. The number of nitrogens with two attached hydrogens (primary N) is 1. The molecule has 1 heterocycles. The van der Waals surface area contributed by atoms with E-state index in [9.17, 15) is 23.2 Å². The maximum absolute atomic E-state index is 13.4. The Hall–Kier alpha value is -2.95. The number of benzene rings is 1. The maximum Gasteiger partial charge on any atom is 0.416 e. The Balaban J connectivity index is 2.82. The van der Waals surface area contributed by atoms with Crippen LogP contribution in [0.4, 0.5) is 13.2 Å². The van der Waals surface area contributed by atoms with E-state index in [2.05, 4.69) is 0 Å². The first kappa shape index (κ1) is 18.4. The molecule has 132 valence electrons. The highest BCUT2D eigenvalue weighted by atomic mass is 19.4. The number of nitriles is 1. The molecule has 25 heavy (non-hydrogen) atoms. The van der Waals surface area contributed by atoms with Crippen LogP contribution in [0.1, 0.15) is 30.4 Å². The van der Waals surface area contributed by atoms with Crippen LogP contribution in [0.3, 0.4) is 0 Å². The van der Waals surface area contributed by atoms with Crippen LogP contribution in [0.5, 0.6) is 0 Å². The zero-order valence-electron chi connectivity index (χ0n) is 13.5. The molecule has 0 aromatic heterocycles. The van der Waals surface area contributed by atoms with Crippen molar-refractivity contribution in [3.8, 4) is 6.07 Å². The van der Waals surface area contributed by atoms with Crippen molar-refractivity contribution in [3.63, 3.8) is 0 Å². The summed E-state index contributed by atoms with van der Waals surface area (Å²) in [6, 6.07) is 6.47. The molecule has 2 rings (SSSR count). The van der Waals surface area contributed by atoms with Gasteiger partial charge in [-0.1, -0.05) is 25.1 Å². The van der Waals surface area contributed by atoms with Gasteiger partial charge in [0.1, 0.15) is 17.4 Å². The number of hydrogen-bond acceptors (Lipinski definition) is 5. The molecule has 0 aliphatic carbocycles. The van der Waals surface area contributed by atoms with E-state index in [1.807, 2.05) is 0 Å². The molecule has 0 fully saturated rings. The second-order valence-electron chi connectivity index (χ2n) is 5.19. The number of allylic oxidation sites excluding steroid dienone is 2. The van der Waals surface area contributed by atoms with E-state index < -0.39 is 23.6 Å². The van der Waals surface area contributed by atoms with Crippen molar-refractivity contribution in [1.29, 1.82) is 5.26 Å². The third kappa shape index (κ3) is 3.31. The topological polar surface area (TPSA) is 85.3 Å². The molecule has 1 aliphatic rings. The van der Waals surface area contributed by atoms with Crippen LogP contribution in [0.15, 0.2) is 47.1 Å². The highest BCUT2D eigenvalue weighted by molar-refractivity contribution is 5.92. The number of nitrogens with zero attached hydrogens (tertiary/aromatic N) is 1. The second kappa shape index (κ2) is 6.89. The lowest BCUT2D eigenvalue weighted by atomic mass is 9.80. The number of esters is 1. The number of rotatable bonds is 3. The van der Waals surface area contributed by atoms with Crippen molar-refractivity contribution in [3.05, 3.63) is 58.2 Å². The Bertz CT molecular complexity index is 804. The minimum absolute atomic E-state index is 0.0744. The molecule has 1 aromatic carbocycles. The molecule has 0 amide bonds. The van der Waals surface area contributed by atoms with Crippen molar-refractivity contribution in [2.24, 2.45) is 5.73 Å². The summed E-state index contributed by atoms with van der Waals surface area (Å²) < 4.78 is 50.3. The standard InChI is InChI=1S/C17H15F3N2O3/c1-3-12-14(16(23)24-2)13(10(8-21)15(22)25-12)9-6-4-5-7-11(9)17(18,19)20/h4-7,13H,3,22H2,1-2H3. The number of methoxy groups -OCH3 is 1. The lowest BCUT2D eigenvalue weighted by Crippen LogP contribution is -2.27. The first-order chi connectivity index (χ1) is 11.8. The number of hydrogen-bond donors (Lipinski definition) is 1. The fourth-order valence-corrected chi connectivity index (χ4v) is 2.73. The Morgan fingerprint density at radius 1 is 1.40 bits per heavy atom. The summed E-state index contributed by atoms with van der Waals surface area (Å²) >= 11 is 0. The molecule has 0 spiro atoms. The summed E-state index contributed by atoms with van der Waals surface area (Å²) in [5, 5.41) is 9.39. The number of carbonyl (C=O) groups excluding carboxylic acids is 1. The number of carbonyl (C=O) groups is 1. The van der Waals surface area contributed by atoms with Crippen molar-refractivity contribution in [2.45, 2.75) is 25.4 Å². The molecule has 0 saturated carbocycles. The van der Waals surface area contributed by atoms with Crippen LogP contribution in [0, 0.1) is 11.3 Å². The SMILES string of the molecule is CCC1=C(C(=O)OC)C(c2ccccc2C(F)(F)F)C(C#N)=C(N)O1. The molecular formula is C17H15F3N2O3. The zero-order chi connectivity index (χ0) is 18.8. The zero-order valence-corrected chi connectivity index (χ0v) is 13.5. The highest BCUT2D eigenvalue weighted by Crippen LogP contribution is 2.44. The van der Waals surface area contributed by atoms with Gasteiger partial charge >= 0.3 is 12.1 Å². The summed E-state index contributed by atoms with van der Waals surface area (Å²) in [5.41, 5.74) is 4.07. The van der Waals surface area contributed by atoms with Crippen LogP contribution in [-0.4, -0.2) is 13.1 Å². The normalized spacial score (nSPS) is 17.8. The van der Waals surface area contributed by atoms with Crippen molar-refractivity contribution in [1.82, 2.24) is 0 Å². The van der Waals surface area contributed by atoms with E-state index in [4.69, 9.17) is 15.2 Å². The molecule has 0 radical (unpaired) electrons. The predicted octanol–water partition coefficient (Wildman–Crippen LogP) is 3.35. The lowest BCUT2D eigenvalue weighted by Gasteiger charge is -2.29. The van der Waals surface area contributed by atoms with E-state index >= 15 is 0 Å². The van der Waals surface area contributed by atoms with E-state index in [0.29, 0.717) is 0 Å². The van der Waals surface area contributed by atoms with Gasteiger partial charge < -0.3 is 15.2 Å². The van der Waals surface area contributed by atoms with E-state index in [1.165, 1.54) is 18.2 Å². The van der Waals surface area contributed by atoms with Gasteiger partial charge in [0.25, 0.3) is 0 Å². The smallest absolute Gasteiger partial charge is 0.416 e. The van der Waals surface area contributed by atoms with E-state index in [-0.39, 0.29) is 34.8 Å². The fraction of sp³-hybridized carbons (Fsp3) is 0.294. The van der Waals surface area contributed by atoms with Crippen molar-refractivity contribution >= 4 is 5.97 Å². The van der Waals surface area contributed by atoms with Gasteiger partial charge in [0.15, 0.2) is 0 Å². The summed E-state index contributed by atoms with van der Waals surface area (Å²) in [5.74, 6) is -2.45. The van der Waals surface area contributed by atoms with Gasteiger partial charge in [-0.15, -0.1) is 0 Å². The van der Waals surface area contributed by atoms with Crippen LogP contribution in [-0.2, 0) is 20.4 Å². The number of alkyl halides is 3. The van der Waals surface area contributed by atoms with Gasteiger partial charge in [-0.2, -0.15) is 18.4 Å². The third-order valence-corrected chi connectivity index (χ3v) is 3.80. The molecule has 1 aromatic rings. The summed E-state index contributed by atoms with van der Waals surface area (Å²) in [6.07, 6.45) is -4.48. The van der Waals surface area contributed by atoms with Crippen molar-refractivity contribution in [2.75, 3.05) is 7.11 Å². The van der Waals surface area contributed by atoms with Gasteiger partial charge in [0.05, 0.1) is 24.2 Å². The minimum atomic E-state index is -4.67. The largest absolute Gasteiger partial charge is 0.466 e. The van der Waals surface area contributed by atoms with Gasteiger partial charge in [-0.3, -0.25) is 0 Å². The van der Waals surface area contributed by atoms with Crippen LogP contribution >= 0.6 is 0 Å². The number of ether oxygens (including phenoxy) is 2. The summed E-state index contributed by atoms with van der Waals surface area (Å²) in [6.45, 7) is 1.65. The van der Waals surface area contributed by atoms with Crippen LogP contribution in [0.2, 0.25) is 0 Å². The monoisotopic (exact) mass is 352 g/mol. The Labute approximate surface area is 142 Å². The number of halogens is 3. The molecular weight excluding hydrogens is 337 g/mol. The molecule has 8 heteroatoms.